The summed E-state index contributed by atoms with van der Waals surface area (Å²) in [6.07, 6.45) is 3.98. The Kier molecular flexibility index (Phi) is 6.69. The van der Waals surface area contributed by atoms with Crippen molar-refractivity contribution >= 4 is 17.6 Å². The minimum absolute atomic E-state index is 0.352. The van der Waals surface area contributed by atoms with Crippen molar-refractivity contribution in [2.45, 2.75) is 50.4 Å². The monoisotopic (exact) mass is 495 g/mol. The van der Waals surface area contributed by atoms with Gasteiger partial charge in [-0.15, -0.1) is 0 Å². The van der Waals surface area contributed by atoms with Crippen molar-refractivity contribution in [1.82, 2.24) is 0 Å². The van der Waals surface area contributed by atoms with Crippen LogP contribution in [0.5, 0.6) is 0 Å². The molecule has 1 aliphatic heterocycles. The molecule has 3 aromatic rings. The summed E-state index contributed by atoms with van der Waals surface area (Å²) in [7, 11) is 0. The Bertz CT molecular complexity index is 1220. The molecule has 5 heteroatoms. The maximum absolute atomic E-state index is 13.1. The topological polar surface area (TPSA) is 55.8 Å². The number of benzene rings is 3. The van der Waals surface area contributed by atoms with Gasteiger partial charge < -0.3 is 14.4 Å². The summed E-state index contributed by atoms with van der Waals surface area (Å²) in [5.74, 6) is 0.775. The predicted molar refractivity (Wildman–Crippen MR) is 142 cm³/mol. The fourth-order valence-electron chi connectivity index (χ4n) is 6.97. The molecule has 3 aromatic carbocycles. The van der Waals surface area contributed by atoms with Crippen LogP contribution in [0.3, 0.4) is 0 Å². The lowest BCUT2D eigenvalue weighted by Gasteiger charge is -2.48. The van der Waals surface area contributed by atoms with Crippen LogP contribution >= 0.6 is 0 Å². The number of hydrogen-bond donors (Lipinski definition) is 0. The molecule has 5 nitrogen and oxygen atoms in total. The number of hydrogen-bond acceptors (Lipinski definition) is 5. The van der Waals surface area contributed by atoms with Crippen LogP contribution in [0, 0.1) is 17.8 Å². The Hall–Kier alpha value is -3.60. The molecule has 0 amide bonds. The number of anilines is 1. The van der Waals surface area contributed by atoms with Gasteiger partial charge in [-0.25, -0.2) is 9.59 Å². The summed E-state index contributed by atoms with van der Waals surface area (Å²) in [4.78, 5) is 28.6. The smallest absolute Gasteiger partial charge is 0.338 e. The van der Waals surface area contributed by atoms with Crippen LogP contribution in [0.2, 0.25) is 0 Å². The molecule has 1 saturated heterocycles. The van der Waals surface area contributed by atoms with Crippen molar-refractivity contribution in [3.63, 3.8) is 0 Å². The van der Waals surface area contributed by atoms with Crippen molar-refractivity contribution in [2.24, 2.45) is 17.8 Å². The molecule has 0 N–H and O–H groups in total. The van der Waals surface area contributed by atoms with Gasteiger partial charge in [0.05, 0.1) is 11.1 Å². The normalized spacial score (nSPS) is 28.6. The number of ether oxygens (including phenoxy) is 2. The summed E-state index contributed by atoms with van der Waals surface area (Å²) in [6, 6.07) is 29.4. The molecule has 0 radical (unpaired) electrons. The maximum Gasteiger partial charge on any atom is 0.338 e. The van der Waals surface area contributed by atoms with E-state index in [9.17, 15) is 9.59 Å². The minimum Gasteiger partial charge on any atom is -0.455 e. The molecule has 190 valence electrons. The van der Waals surface area contributed by atoms with Gasteiger partial charge in [-0.05, 0) is 86.3 Å². The third-order valence-electron chi connectivity index (χ3n) is 8.66. The zero-order valence-electron chi connectivity index (χ0n) is 20.9. The largest absolute Gasteiger partial charge is 0.455 e. The van der Waals surface area contributed by atoms with Crippen molar-refractivity contribution in [2.75, 3.05) is 11.4 Å². The Morgan fingerprint density at radius 1 is 0.622 bits per heavy atom. The highest BCUT2D eigenvalue weighted by molar-refractivity contribution is 5.90. The molecule has 1 heterocycles. The van der Waals surface area contributed by atoms with Crippen molar-refractivity contribution in [1.29, 1.82) is 0 Å². The van der Waals surface area contributed by atoms with E-state index < -0.39 is 12.2 Å². The second kappa shape index (κ2) is 10.4. The molecule has 3 fully saturated rings. The summed E-state index contributed by atoms with van der Waals surface area (Å²) in [5.41, 5.74) is 2.34. The molecule has 2 saturated carbocycles. The molecule has 0 spiro atoms. The van der Waals surface area contributed by atoms with E-state index in [1.165, 1.54) is 5.69 Å². The Morgan fingerprint density at radius 3 is 1.76 bits per heavy atom. The number of fused-ring (bicyclic) bond motifs is 3. The minimum atomic E-state index is -0.453. The average Bonchev–Trinajstić information content (AvgIpc) is 3.39. The summed E-state index contributed by atoms with van der Waals surface area (Å²) in [5, 5.41) is 0. The van der Waals surface area contributed by atoms with Crippen LogP contribution in [0.1, 0.15) is 52.8 Å². The van der Waals surface area contributed by atoms with Crippen molar-refractivity contribution in [3.8, 4) is 0 Å². The van der Waals surface area contributed by atoms with Gasteiger partial charge in [-0.1, -0.05) is 54.6 Å². The van der Waals surface area contributed by atoms with E-state index in [0.29, 0.717) is 34.9 Å². The van der Waals surface area contributed by atoms with Gasteiger partial charge in [-0.3, -0.25) is 0 Å². The van der Waals surface area contributed by atoms with E-state index >= 15 is 0 Å². The van der Waals surface area contributed by atoms with Gasteiger partial charge in [0.25, 0.3) is 0 Å². The number of para-hydroxylation sites is 1. The fraction of sp³-hybridized carbons (Fsp3) is 0.375. The van der Waals surface area contributed by atoms with Gasteiger partial charge in [0, 0.05) is 18.3 Å². The zero-order chi connectivity index (χ0) is 25.2. The third kappa shape index (κ3) is 4.87. The predicted octanol–water partition coefficient (Wildman–Crippen LogP) is 6.15. The van der Waals surface area contributed by atoms with Crippen LogP contribution in [-0.2, 0) is 9.47 Å². The van der Waals surface area contributed by atoms with Crippen molar-refractivity contribution < 1.29 is 19.1 Å². The third-order valence-corrected chi connectivity index (χ3v) is 8.66. The van der Waals surface area contributed by atoms with Crippen LogP contribution in [-0.4, -0.2) is 36.7 Å². The first-order chi connectivity index (χ1) is 18.2. The number of carbonyl (C=O) groups excluding carboxylic acids is 2. The number of esters is 2. The molecule has 37 heavy (non-hydrogen) atoms. The quantitative estimate of drug-likeness (QED) is 0.397. The van der Waals surface area contributed by atoms with E-state index in [4.69, 9.17) is 9.47 Å². The van der Waals surface area contributed by atoms with E-state index in [2.05, 4.69) is 35.2 Å². The first kappa shape index (κ1) is 23.8. The maximum atomic E-state index is 13.1. The van der Waals surface area contributed by atoms with Gasteiger partial charge in [0.15, 0.2) is 0 Å². The number of carbonyl (C=O) groups is 2. The lowest BCUT2D eigenvalue weighted by molar-refractivity contribution is -0.0899. The molecular weight excluding hydrogens is 462 g/mol. The number of rotatable bonds is 5. The molecule has 0 bridgehead atoms. The highest BCUT2D eigenvalue weighted by Gasteiger charge is 2.51. The van der Waals surface area contributed by atoms with Crippen LogP contribution < -0.4 is 4.90 Å². The summed E-state index contributed by atoms with van der Waals surface area (Å²) >= 11 is 0. The van der Waals surface area contributed by atoms with Gasteiger partial charge >= 0.3 is 11.9 Å². The molecule has 6 rings (SSSR count). The fourth-order valence-corrected chi connectivity index (χ4v) is 6.97. The highest BCUT2D eigenvalue weighted by Crippen LogP contribution is 2.51. The van der Waals surface area contributed by atoms with Gasteiger partial charge in [0.2, 0.25) is 0 Å². The van der Waals surface area contributed by atoms with Crippen molar-refractivity contribution in [3.05, 3.63) is 102 Å². The Balaban J connectivity index is 1.23. The highest BCUT2D eigenvalue weighted by atomic mass is 16.6. The second-order valence-corrected chi connectivity index (χ2v) is 10.6. The van der Waals surface area contributed by atoms with E-state index in [0.717, 1.165) is 38.6 Å². The lowest BCUT2D eigenvalue weighted by atomic mass is 9.62. The van der Waals surface area contributed by atoms with Gasteiger partial charge in [0.1, 0.15) is 12.2 Å². The van der Waals surface area contributed by atoms with Gasteiger partial charge in [-0.2, -0.15) is 0 Å². The Morgan fingerprint density at radius 2 is 1.16 bits per heavy atom. The first-order valence-corrected chi connectivity index (χ1v) is 13.5. The molecule has 0 aromatic heterocycles. The van der Waals surface area contributed by atoms with Crippen LogP contribution in [0.4, 0.5) is 5.69 Å². The molecule has 6 atom stereocenters. The zero-order valence-corrected chi connectivity index (χ0v) is 20.9. The summed E-state index contributed by atoms with van der Waals surface area (Å²) < 4.78 is 12.2. The van der Waals surface area contributed by atoms with Crippen LogP contribution in [0.25, 0.3) is 0 Å². The first-order valence-electron chi connectivity index (χ1n) is 13.5. The van der Waals surface area contributed by atoms with E-state index in [1.54, 1.807) is 24.3 Å². The van der Waals surface area contributed by atoms with E-state index in [-0.39, 0.29) is 11.9 Å². The summed E-state index contributed by atoms with van der Waals surface area (Å²) in [6.45, 7) is 1.06. The van der Waals surface area contributed by atoms with Crippen LogP contribution in [0.15, 0.2) is 91.0 Å². The number of nitrogens with zero attached hydrogens (tertiary/aromatic N) is 1. The lowest BCUT2D eigenvalue weighted by Crippen LogP contribution is -2.50. The molecule has 6 unspecified atom stereocenters. The Labute approximate surface area is 218 Å². The van der Waals surface area contributed by atoms with E-state index in [1.807, 2.05) is 36.4 Å². The standard InChI is InChI=1S/C32H33NO4/c34-31(22-10-4-1-5-11-22)36-29-20-24-16-17-28-26(18-19-33(28)25-14-8-3-9-15-25)27(24)21-30(29)37-32(35)23-12-6-2-7-13-23/h1-15,24,26-30H,16-21H2. The molecular formula is C32H33NO4. The molecule has 3 aliphatic rings. The average molecular weight is 496 g/mol. The second-order valence-electron chi connectivity index (χ2n) is 10.6. The molecule has 2 aliphatic carbocycles. The SMILES string of the molecule is O=C(OC1CC2CCC3C(CCN3c3ccccc3)C2CC1OC(=O)c1ccccc1)c1ccccc1.